The van der Waals surface area contributed by atoms with E-state index in [-0.39, 0.29) is 11.4 Å². The van der Waals surface area contributed by atoms with Gasteiger partial charge in [0.05, 0.1) is 6.10 Å². The van der Waals surface area contributed by atoms with Gasteiger partial charge in [-0.3, -0.25) is 0 Å². The minimum absolute atomic E-state index is 0.337. The van der Waals surface area contributed by atoms with Gasteiger partial charge in [0, 0.05) is 12.0 Å². The SMILES string of the molecule is CCC1(C)CC(O)c2cc(F)ccc2O1. The molecule has 2 unspecified atom stereocenters. The minimum atomic E-state index is -0.630. The molecule has 2 nitrogen and oxygen atoms in total. The highest BCUT2D eigenvalue weighted by Gasteiger charge is 2.35. The van der Waals surface area contributed by atoms with Gasteiger partial charge >= 0.3 is 0 Å². The van der Waals surface area contributed by atoms with E-state index in [1.165, 1.54) is 12.1 Å². The summed E-state index contributed by atoms with van der Waals surface area (Å²) in [6.45, 7) is 3.98. The highest BCUT2D eigenvalue weighted by Crippen LogP contribution is 2.40. The third-order valence-electron chi connectivity index (χ3n) is 3.06. The van der Waals surface area contributed by atoms with Crippen molar-refractivity contribution in [3.8, 4) is 5.75 Å². The fraction of sp³-hybridized carbons (Fsp3) is 0.500. The standard InChI is InChI=1S/C12H15FO2/c1-3-12(2)7-10(14)9-6-8(13)4-5-11(9)15-12/h4-6,10,14H,3,7H2,1-2H3. The molecular formula is C12H15FO2. The van der Waals surface area contributed by atoms with E-state index in [1.54, 1.807) is 6.07 Å². The van der Waals surface area contributed by atoms with Crippen LogP contribution in [0.4, 0.5) is 4.39 Å². The number of benzene rings is 1. The maximum absolute atomic E-state index is 13.0. The molecule has 1 aromatic rings. The van der Waals surface area contributed by atoms with Crippen LogP contribution in [0.2, 0.25) is 0 Å². The van der Waals surface area contributed by atoms with E-state index in [0.717, 1.165) is 6.42 Å². The molecular weight excluding hydrogens is 195 g/mol. The number of ether oxygens (including phenoxy) is 1. The molecule has 0 spiro atoms. The highest BCUT2D eigenvalue weighted by atomic mass is 19.1. The van der Waals surface area contributed by atoms with Crippen LogP contribution >= 0.6 is 0 Å². The van der Waals surface area contributed by atoms with Crippen LogP contribution in [0.5, 0.6) is 5.75 Å². The molecule has 0 bridgehead atoms. The molecule has 82 valence electrons. The van der Waals surface area contributed by atoms with Gasteiger partial charge in [0.15, 0.2) is 0 Å². The zero-order valence-electron chi connectivity index (χ0n) is 8.96. The summed E-state index contributed by atoms with van der Waals surface area (Å²) < 4.78 is 18.7. The Kier molecular flexibility index (Phi) is 2.43. The second-order valence-electron chi connectivity index (χ2n) is 4.31. The van der Waals surface area contributed by atoms with E-state index in [0.29, 0.717) is 17.7 Å². The molecule has 1 aromatic carbocycles. The molecule has 0 aromatic heterocycles. The average Bonchev–Trinajstić information content (AvgIpc) is 2.20. The minimum Gasteiger partial charge on any atom is -0.487 e. The van der Waals surface area contributed by atoms with Crippen LogP contribution in [-0.4, -0.2) is 10.7 Å². The Hall–Kier alpha value is -1.09. The summed E-state index contributed by atoms with van der Waals surface area (Å²) in [7, 11) is 0. The van der Waals surface area contributed by atoms with Gasteiger partial charge in [-0.05, 0) is 31.5 Å². The van der Waals surface area contributed by atoms with Crippen molar-refractivity contribution in [2.24, 2.45) is 0 Å². The van der Waals surface area contributed by atoms with Crippen LogP contribution in [0.15, 0.2) is 18.2 Å². The lowest BCUT2D eigenvalue weighted by Gasteiger charge is -2.37. The average molecular weight is 210 g/mol. The van der Waals surface area contributed by atoms with Crippen LogP contribution in [0, 0.1) is 5.82 Å². The van der Waals surface area contributed by atoms with Crippen LogP contribution in [0.3, 0.4) is 0 Å². The van der Waals surface area contributed by atoms with Crippen LogP contribution < -0.4 is 4.74 Å². The molecule has 2 atom stereocenters. The van der Waals surface area contributed by atoms with E-state index in [2.05, 4.69) is 0 Å². The fourth-order valence-corrected chi connectivity index (χ4v) is 1.92. The molecule has 3 heteroatoms. The third kappa shape index (κ3) is 1.84. The molecule has 0 aliphatic carbocycles. The Labute approximate surface area is 88.7 Å². The summed E-state index contributed by atoms with van der Waals surface area (Å²) >= 11 is 0. The van der Waals surface area contributed by atoms with Crippen LogP contribution in [0.25, 0.3) is 0 Å². The molecule has 1 aliphatic rings. The van der Waals surface area contributed by atoms with Crippen molar-refractivity contribution < 1.29 is 14.2 Å². The number of rotatable bonds is 1. The molecule has 0 amide bonds. The molecule has 2 rings (SSSR count). The van der Waals surface area contributed by atoms with E-state index < -0.39 is 6.10 Å². The molecule has 15 heavy (non-hydrogen) atoms. The lowest BCUT2D eigenvalue weighted by atomic mass is 9.88. The first-order valence-electron chi connectivity index (χ1n) is 5.20. The Balaban J connectivity index is 2.41. The zero-order valence-corrected chi connectivity index (χ0v) is 8.96. The van der Waals surface area contributed by atoms with Gasteiger partial charge in [0.25, 0.3) is 0 Å². The predicted molar refractivity (Wildman–Crippen MR) is 55.3 cm³/mol. The Morgan fingerprint density at radius 2 is 2.33 bits per heavy atom. The van der Waals surface area contributed by atoms with Gasteiger partial charge in [-0.1, -0.05) is 6.92 Å². The van der Waals surface area contributed by atoms with Crippen molar-refractivity contribution in [2.45, 2.75) is 38.4 Å². The highest BCUT2D eigenvalue weighted by molar-refractivity contribution is 5.38. The third-order valence-corrected chi connectivity index (χ3v) is 3.06. The molecule has 0 radical (unpaired) electrons. The first-order chi connectivity index (χ1) is 7.04. The Bertz CT molecular complexity index is 378. The van der Waals surface area contributed by atoms with Crippen molar-refractivity contribution >= 4 is 0 Å². The lowest BCUT2D eigenvalue weighted by molar-refractivity contribution is -0.00402. The number of halogens is 1. The van der Waals surface area contributed by atoms with Gasteiger partial charge in [0.1, 0.15) is 17.2 Å². The van der Waals surface area contributed by atoms with E-state index in [4.69, 9.17) is 4.74 Å². The van der Waals surface area contributed by atoms with Crippen molar-refractivity contribution in [3.05, 3.63) is 29.6 Å². The number of fused-ring (bicyclic) bond motifs is 1. The molecule has 0 saturated carbocycles. The van der Waals surface area contributed by atoms with E-state index in [9.17, 15) is 9.50 Å². The topological polar surface area (TPSA) is 29.5 Å². The fourth-order valence-electron chi connectivity index (χ4n) is 1.92. The quantitative estimate of drug-likeness (QED) is 0.772. The van der Waals surface area contributed by atoms with Gasteiger partial charge in [0.2, 0.25) is 0 Å². The summed E-state index contributed by atoms with van der Waals surface area (Å²) in [6.07, 6.45) is 0.704. The molecule has 0 saturated heterocycles. The summed E-state index contributed by atoms with van der Waals surface area (Å²) in [5.41, 5.74) is 0.213. The number of aliphatic hydroxyl groups excluding tert-OH is 1. The first-order valence-corrected chi connectivity index (χ1v) is 5.20. The van der Waals surface area contributed by atoms with Crippen molar-refractivity contribution in [1.82, 2.24) is 0 Å². The van der Waals surface area contributed by atoms with Gasteiger partial charge in [-0.2, -0.15) is 0 Å². The Morgan fingerprint density at radius 1 is 1.60 bits per heavy atom. The van der Waals surface area contributed by atoms with E-state index >= 15 is 0 Å². The zero-order chi connectivity index (χ0) is 11.1. The molecule has 1 N–H and O–H groups in total. The summed E-state index contributed by atoms with van der Waals surface area (Å²) in [6, 6.07) is 4.28. The summed E-state index contributed by atoms with van der Waals surface area (Å²) in [5.74, 6) is 0.260. The van der Waals surface area contributed by atoms with Crippen molar-refractivity contribution in [1.29, 1.82) is 0 Å². The van der Waals surface area contributed by atoms with Gasteiger partial charge in [-0.25, -0.2) is 4.39 Å². The summed E-state index contributed by atoms with van der Waals surface area (Å²) in [4.78, 5) is 0. The van der Waals surface area contributed by atoms with E-state index in [1.807, 2.05) is 13.8 Å². The summed E-state index contributed by atoms with van der Waals surface area (Å²) in [5, 5.41) is 9.91. The first kappa shape index (κ1) is 10.4. The largest absolute Gasteiger partial charge is 0.487 e. The molecule has 0 fully saturated rings. The predicted octanol–water partition coefficient (Wildman–Crippen LogP) is 2.81. The van der Waals surface area contributed by atoms with Crippen molar-refractivity contribution in [3.63, 3.8) is 0 Å². The second-order valence-corrected chi connectivity index (χ2v) is 4.31. The second kappa shape index (κ2) is 3.49. The Morgan fingerprint density at radius 3 is 3.00 bits per heavy atom. The monoisotopic (exact) mass is 210 g/mol. The maximum Gasteiger partial charge on any atom is 0.126 e. The van der Waals surface area contributed by atoms with Gasteiger partial charge in [-0.15, -0.1) is 0 Å². The van der Waals surface area contributed by atoms with Crippen LogP contribution in [-0.2, 0) is 0 Å². The number of aliphatic hydroxyl groups is 1. The number of hydrogen-bond donors (Lipinski definition) is 1. The molecule has 1 heterocycles. The normalized spacial score (nSPS) is 29.5. The smallest absolute Gasteiger partial charge is 0.126 e. The van der Waals surface area contributed by atoms with Gasteiger partial charge < -0.3 is 9.84 Å². The lowest BCUT2D eigenvalue weighted by Crippen LogP contribution is -2.37. The maximum atomic E-state index is 13.0. The van der Waals surface area contributed by atoms with Crippen molar-refractivity contribution in [2.75, 3.05) is 0 Å². The number of hydrogen-bond acceptors (Lipinski definition) is 2. The molecule has 1 aliphatic heterocycles. The van der Waals surface area contributed by atoms with Crippen LogP contribution in [0.1, 0.15) is 38.4 Å².